The second-order valence-electron chi connectivity index (χ2n) is 0.365. The molecule has 0 saturated carbocycles. The Hall–Kier alpha value is -1.25. The predicted molar refractivity (Wildman–Crippen MR) is 33.3 cm³/mol. The third kappa shape index (κ3) is 527. The van der Waals surface area contributed by atoms with Gasteiger partial charge in [-0.2, -0.15) is 0 Å². The summed E-state index contributed by atoms with van der Waals surface area (Å²) >= 11 is 0. The van der Waals surface area contributed by atoms with E-state index in [0.717, 1.165) is 0 Å². The van der Waals surface area contributed by atoms with Gasteiger partial charge in [-0.3, -0.25) is 0 Å². The SMILES string of the molecule is O=[C-]O.O=[C-]O.O=[C-]O.O=[C-]O.[Hf+4]. The summed E-state index contributed by atoms with van der Waals surface area (Å²) in [5.41, 5.74) is 0. The first-order chi connectivity index (χ1) is 5.66. The van der Waals surface area contributed by atoms with Gasteiger partial charge in [0, 0.05) is 0 Å². The Kier molecular flexibility index (Phi) is 310. The van der Waals surface area contributed by atoms with Crippen molar-refractivity contribution >= 4 is 25.9 Å². The maximum absolute atomic E-state index is 8.24. The van der Waals surface area contributed by atoms with Gasteiger partial charge in [0.15, 0.2) is 0 Å². The molecule has 0 aromatic heterocycles. The topological polar surface area (TPSA) is 149 Å². The minimum Gasteiger partial charge on any atom is -0.665 e. The van der Waals surface area contributed by atoms with E-state index in [1.165, 1.54) is 0 Å². The molecule has 72 valence electrons. The molecule has 0 atom stereocenters. The van der Waals surface area contributed by atoms with Gasteiger partial charge in [0.25, 0.3) is 0 Å². The van der Waals surface area contributed by atoms with Crippen molar-refractivity contribution in [3.8, 4) is 0 Å². The largest absolute Gasteiger partial charge is 4.00 e. The zero-order chi connectivity index (χ0) is 10.8. The smallest absolute Gasteiger partial charge is 0.665 e. The Labute approximate surface area is 91.6 Å². The summed E-state index contributed by atoms with van der Waals surface area (Å²) in [6.45, 7) is 2.00. The molecule has 0 unspecified atom stereocenters. The van der Waals surface area contributed by atoms with Gasteiger partial charge >= 0.3 is 25.8 Å². The van der Waals surface area contributed by atoms with E-state index in [2.05, 4.69) is 0 Å². The van der Waals surface area contributed by atoms with Crippen LogP contribution in [0, 0.1) is 0 Å². The van der Waals surface area contributed by atoms with Gasteiger partial charge in [-0.15, -0.1) is 0 Å². The second kappa shape index (κ2) is 135. The van der Waals surface area contributed by atoms with Crippen LogP contribution in [0.1, 0.15) is 0 Å². The minimum atomic E-state index is 0. The van der Waals surface area contributed by atoms with E-state index in [1.807, 2.05) is 0 Å². The summed E-state index contributed by atoms with van der Waals surface area (Å²) in [5, 5.41) is 27.1. The molecule has 0 aliphatic heterocycles. The molecule has 4 N–H and O–H groups in total. The Morgan fingerprint density at radius 3 is 0.538 bits per heavy atom. The molecule has 9 heteroatoms. The van der Waals surface area contributed by atoms with Crippen molar-refractivity contribution in [2.45, 2.75) is 0 Å². The van der Waals surface area contributed by atoms with Crippen LogP contribution < -0.4 is 0 Å². The van der Waals surface area contributed by atoms with Gasteiger partial charge in [-0.25, -0.2) is 0 Å². The molecule has 0 saturated heterocycles. The normalized spacial score (nSPS) is 3.69. The summed E-state index contributed by atoms with van der Waals surface area (Å²) < 4.78 is 0. The number of aliphatic hydroxyl groups excluding tert-OH is 4. The van der Waals surface area contributed by atoms with Crippen molar-refractivity contribution in [2.24, 2.45) is 0 Å². The summed E-state index contributed by atoms with van der Waals surface area (Å²) in [7, 11) is 0. The van der Waals surface area contributed by atoms with Crippen LogP contribution in [0.3, 0.4) is 0 Å². The molecule has 0 amide bonds. The Balaban J connectivity index is -0.0000000213. The van der Waals surface area contributed by atoms with Crippen LogP contribution in [-0.2, 0) is 45.0 Å². The van der Waals surface area contributed by atoms with E-state index < -0.39 is 0 Å². The number of rotatable bonds is 0. The van der Waals surface area contributed by atoms with Crippen LogP contribution in [0.25, 0.3) is 0 Å². The van der Waals surface area contributed by atoms with Crippen molar-refractivity contribution in [2.75, 3.05) is 0 Å². The van der Waals surface area contributed by atoms with E-state index >= 15 is 0 Å². The second-order valence-corrected chi connectivity index (χ2v) is 0.365. The fourth-order valence-corrected chi connectivity index (χ4v) is 0. The summed E-state index contributed by atoms with van der Waals surface area (Å²) in [4.78, 5) is 32.9. The maximum atomic E-state index is 8.24. The van der Waals surface area contributed by atoms with E-state index in [-0.39, 0.29) is 25.8 Å². The van der Waals surface area contributed by atoms with Gasteiger partial charge in [0.1, 0.15) is 0 Å². The Morgan fingerprint density at radius 2 is 0.538 bits per heavy atom. The van der Waals surface area contributed by atoms with Crippen LogP contribution >= 0.6 is 0 Å². The van der Waals surface area contributed by atoms with Crippen LogP contribution in [0.5, 0.6) is 0 Å². The Morgan fingerprint density at radius 1 is 0.538 bits per heavy atom. The van der Waals surface area contributed by atoms with Gasteiger partial charge < -0.3 is 39.6 Å². The predicted octanol–water partition coefficient (Wildman–Crippen LogP) is -1.56. The maximum Gasteiger partial charge on any atom is 4.00 e. The Bertz CT molecular complexity index is 70.1. The molecule has 0 aliphatic carbocycles. The molecule has 0 spiro atoms. The molecule has 0 rings (SSSR count). The van der Waals surface area contributed by atoms with E-state index in [9.17, 15) is 0 Å². The van der Waals surface area contributed by atoms with E-state index in [1.54, 1.807) is 0 Å². The standard InChI is InChI=1S/4CHO2.Hf/c4*2-1-3;/h4*(H,2,3);/q4*-1;+4. The zero-order valence-electron chi connectivity index (χ0n) is 5.92. The van der Waals surface area contributed by atoms with Gasteiger partial charge in [0.05, 0.1) is 0 Å². The third-order valence-corrected chi connectivity index (χ3v) is 0. The summed E-state index contributed by atoms with van der Waals surface area (Å²) in [5.74, 6) is 0. The zero-order valence-corrected chi connectivity index (χ0v) is 9.51. The van der Waals surface area contributed by atoms with Crippen molar-refractivity contribution in [1.82, 2.24) is 0 Å². The van der Waals surface area contributed by atoms with Gasteiger partial charge in [-0.1, -0.05) is 25.9 Å². The van der Waals surface area contributed by atoms with Gasteiger partial charge in [0.2, 0.25) is 0 Å². The number of hydrogen-bond donors (Lipinski definition) is 4. The fraction of sp³-hybridized carbons (Fsp3) is 0. The van der Waals surface area contributed by atoms with E-state index in [4.69, 9.17) is 39.6 Å². The van der Waals surface area contributed by atoms with Crippen LogP contribution in [-0.4, -0.2) is 46.3 Å². The first-order valence-electron chi connectivity index (χ1n) is 1.71. The molecule has 0 aromatic rings. The molecule has 0 heterocycles. The molecular formula is C4H4HfO8. The average Bonchev–Trinajstić information content (AvgIpc) is 1.92. The molecule has 0 bridgehead atoms. The molecule has 0 aliphatic rings. The first-order valence-corrected chi connectivity index (χ1v) is 1.71. The average molecular weight is 359 g/mol. The molecule has 8 nitrogen and oxygen atoms in total. The fourth-order valence-electron chi connectivity index (χ4n) is 0. The molecular weight excluding hydrogens is 355 g/mol. The molecule has 0 radical (unpaired) electrons. The molecule has 13 heavy (non-hydrogen) atoms. The monoisotopic (exact) mass is 360 g/mol. The molecule has 0 fully saturated rings. The van der Waals surface area contributed by atoms with Crippen molar-refractivity contribution < 1.29 is 65.4 Å². The van der Waals surface area contributed by atoms with Crippen LogP contribution in [0.2, 0.25) is 0 Å². The summed E-state index contributed by atoms with van der Waals surface area (Å²) in [6.07, 6.45) is 0. The minimum absolute atomic E-state index is 0. The summed E-state index contributed by atoms with van der Waals surface area (Å²) in [6, 6.07) is 0. The van der Waals surface area contributed by atoms with Gasteiger partial charge in [-0.05, 0) is 0 Å². The van der Waals surface area contributed by atoms with Crippen molar-refractivity contribution in [3.63, 3.8) is 0 Å². The quantitative estimate of drug-likeness (QED) is 0.300. The van der Waals surface area contributed by atoms with Crippen LogP contribution in [0.15, 0.2) is 0 Å². The first kappa shape index (κ1) is 29.8. The molecule has 0 aromatic carbocycles. The van der Waals surface area contributed by atoms with Crippen molar-refractivity contribution in [1.29, 1.82) is 0 Å². The van der Waals surface area contributed by atoms with Crippen molar-refractivity contribution in [3.05, 3.63) is 0 Å². The third-order valence-electron chi connectivity index (χ3n) is 0. The van der Waals surface area contributed by atoms with Crippen LogP contribution in [0.4, 0.5) is 0 Å². The van der Waals surface area contributed by atoms with E-state index in [0.29, 0.717) is 25.9 Å². The number of hydrogen-bond acceptors (Lipinski definition) is 4.